The van der Waals surface area contributed by atoms with E-state index in [4.69, 9.17) is 0 Å². The molecule has 0 radical (unpaired) electrons. The molecular formula is C17H21FN2OS. The summed E-state index contributed by atoms with van der Waals surface area (Å²) in [5.74, 6) is 0.384. The number of benzene rings is 1. The fourth-order valence-corrected chi connectivity index (χ4v) is 4.06. The van der Waals surface area contributed by atoms with Crippen molar-refractivity contribution in [3.63, 3.8) is 0 Å². The molecule has 0 unspecified atom stereocenters. The van der Waals surface area contributed by atoms with Crippen LogP contribution in [0, 0.1) is 11.2 Å². The molecule has 1 aliphatic rings. The summed E-state index contributed by atoms with van der Waals surface area (Å²) < 4.78 is 14.2. The van der Waals surface area contributed by atoms with Crippen molar-refractivity contribution in [1.82, 2.24) is 9.88 Å². The molecule has 1 amide bonds. The molecule has 22 heavy (non-hydrogen) atoms. The summed E-state index contributed by atoms with van der Waals surface area (Å²) in [7, 11) is 0. The fraction of sp³-hybridized carbons (Fsp3) is 0.529. The highest BCUT2D eigenvalue weighted by atomic mass is 32.1. The average Bonchev–Trinajstić information content (AvgIpc) is 2.88. The van der Waals surface area contributed by atoms with Crippen LogP contribution in [0.4, 0.5) is 4.39 Å². The lowest BCUT2D eigenvalue weighted by Gasteiger charge is -2.35. The van der Waals surface area contributed by atoms with Crippen LogP contribution in [0.15, 0.2) is 18.2 Å². The number of carbonyl (C=O) groups is 1. The SMILES string of the molecule is CC(C)(C)C(=O)N1CCC(c2nc3ccc(F)cc3s2)CC1. The predicted octanol–water partition coefficient (Wildman–Crippen LogP) is 4.19. The Kier molecular flexibility index (Phi) is 3.93. The zero-order chi connectivity index (χ0) is 15.9. The molecule has 2 heterocycles. The van der Waals surface area contributed by atoms with E-state index in [2.05, 4.69) is 4.98 Å². The van der Waals surface area contributed by atoms with Crippen molar-refractivity contribution in [1.29, 1.82) is 0 Å². The normalized spacial score (nSPS) is 17.2. The first kappa shape index (κ1) is 15.4. The fourth-order valence-electron chi connectivity index (χ4n) is 2.89. The number of amides is 1. The van der Waals surface area contributed by atoms with E-state index in [9.17, 15) is 9.18 Å². The Morgan fingerprint density at radius 3 is 2.64 bits per heavy atom. The van der Waals surface area contributed by atoms with Crippen molar-refractivity contribution >= 4 is 27.5 Å². The van der Waals surface area contributed by atoms with E-state index in [1.165, 1.54) is 6.07 Å². The van der Waals surface area contributed by atoms with E-state index in [-0.39, 0.29) is 17.1 Å². The number of rotatable bonds is 1. The van der Waals surface area contributed by atoms with Gasteiger partial charge in [0, 0.05) is 24.4 Å². The summed E-state index contributed by atoms with van der Waals surface area (Å²) in [6.07, 6.45) is 1.87. The molecule has 1 aromatic carbocycles. The van der Waals surface area contributed by atoms with E-state index in [1.807, 2.05) is 25.7 Å². The third-order valence-corrected chi connectivity index (χ3v) is 5.32. The van der Waals surface area contributed by atoms with E-state index >= 15 is 0 Å². The van der Waals surface area contributed by atoms with E-state index in [0.717, 1.165) is 41.2 Å². The molecule has 1 fully saturated rings. The summed E-state index contributed by atoms with van der Waals surface area (Å²) in [5, 5.41) is 1.07. The molecule has 1 saturated heterocycles. The van der Waals surface area contributed by atoms with Crippen LogP contribution >= 0.6 is 11.3 Å². The second kappa shape index (κ2) is 5.61. The highest BCUT2D eigenvalue weighted by molar-refractivity contribution is 7.18. The van der Waals surface area contributed by atoms with Crippen LogP contribution in [0.1, 0.15) is 44.5 Å². The van der Waals surface area contributed by atoms with Crippen molar-refractivity contribution in [3.8, 4) is 0 Å². The summed E-state index contributed by atoms with van der Waals surface area (Å²) >= 11 is 1.58. The van der Waals surface area contributed by atoms with Gasteiger partial charge in [0.25, 0.3) is 0 Å². The van der Waals surface area contributed by atoms with E-state index < -0.39 is 0 Å². The standard InChI is InChI=1S/C17H21FN2OS/c1-17(2,3)16(21)20-8-6-11(7-9-20)15-19-13-5-4-12(18)10-14(13)22-15/h4-5,10-11H,6-9H2,1-3H3. The summed E-state index contributed by atoms with van der Waals surface area (Å²) in [4.78, 5) is 18.9. The second-order valence-electron chi connectivity index (χ2n) is 6.98. The summed E-state index contributed by atoms with van der Waals surface area (Å²) in [6, 6.07) is 4.74. The summed E-state index contributed by atoms with van der Waals surface area (Å²) in [5.41, 5.74) is 0.551. The van der Waals surface area contributed by atoms with Gasteiger partial charge in [0.1, 0.15) is 5.82 Å². The number of halogens is 1. The predicted molar refractivity (Wildman–Crippen MR) is 87.6 cm³/mol. The molecule has 0 N–H and O–H groups in total. The minimum atomic E-state index is -0.319. The van der Waals surface area contributed by atoms with Crippen LogP contribution < -0.4 is 0 Å². The molecule has 0 bridgehead atoms. The first-order valence-corrected chi connectivity index (χ1v) is 8.51. The van der Waals surface area contributed by atoms with Gasteiger partial charge in [-0.3, -0.25) is 4.79 Å². The molecule has 118 valence electrons. The number of hydrogen-bond acceptors (Lipinski definition) is 3. The third kappa shape index (κ3) is 3.00. The van der Waals surface area contributed by atoms with Crippen molar-refractivity contribution in [2.75, 3.05) is 13.1 Å². The number of carbonyl (C=O) groups excluding carboxylic acids is 1. The zero-order valence-corrected chi connectivity index (χ0v) is 14.0. The maximum Gasteiger partial charge on any atom is 0.227 e. The maximum atomic E-state index is 13.3. The number of hydrogen-bond donors (Lipinski definition) is 0. The minimum absolute atomic E-state index is 0.215. The number of thiazole rings is 1. The van der Waals surface area contributed by atoms with Gasteiger partial charge >= 0.3 is 0 Å². The summed E-state index contributed by atoms with van der Waals surface area (Å²) in [6.45, 7) is 7.45. The monoisotopic (exact) mass is 320 g/mol. The van der Waals surface area contributed by atoms with Crippen LogP contribution in [-0.2, 0) is 4.79 Å². The second-order valence-corrected chi connectivity index (χ2v) is 8.04. The molecule has 1 aromatic heterocycles. The van der Waals surface area contributed by atoms with Crippen LogP contribution in [0.2, 0.25) is 0 Å². The molecule has 2 aromatic rings. The molecule has 0 atom stereocenters. The molecule has 5 heteroatoms. The average molecular weight is 320 g/mol. The smallest absolute Gasteiger partial charge is 0.227 e. The van der Waals surface area contributed by atoms with Crippen LogP contribution in [-0.4, -0.2) is 28.9 Å². The van der Waals surface area contributed by atoms with Gasteiger partial charge in [0.15, 0.2) is 0 Å². The molecule has 0 saturated carbocycles. The number of nitrogens with zero attached hydrogens (tertiary/aromatic N) is 2. The number of fused-ring (bicyclic) bond motifs is 1. The maximum absolute atomic E-state index is 13.3. The van der Waals surface area contributed by atoms with Crippen molar-refractivity contribution in [2.45, 2.75) is 39.5 Å². The molecular weight excluding hydrogens is 299 g/mol. The Labute approximate surface area is 134 Å². The highest BCUT2D eigenvalue weighted by Gasteiger charge is 2.31. The van der Waals surface area contributed by atoms with Gasteiger partial charge in [-0.05, 0) is 31.0 Å². The first-order chi connectivity index (χ1) is 10.3. The molecule has 1 aliphatic heterocycles. The zero-order valence-electron chi connectivity index (χ0n) is 13.2. The van der Waals surface area contributed by atoms with Gasteiger partial charge in [0.2, 0.25) is 5.91 Å². The van der Waals surface area contributed by atoms with Gasteiger partial charge in [0.05, 0.1) is 15.2 Å². The Balaban J connectivity index is 1.71. The van der Waals surface area contributed by atoms with Gasteiger partial charge in [-0.25, -0.2) is 9.37 Å². The molecule has 0 aliphatic carbocycles. The Morgan fingerprint density at radius 1 is 1.32 bits per heavy atom. The highest BCUT2D eigenvalue weighted by Crippen LogP contribution is 2.35. The lowest BCUT2D eigenvalue weighted by Crippen LogP contribution is -2.43. The van der Waals surface area contributed by atoms with Crippen LogP contribution in [0.25, 0.3) is 10.2 Å². The van der Waals surface area contributed by atoms with Gasteiger partial charge < -0.3 is 4.90 Å². The molecule has 3 nitrogen and oxygen atoms in total. The molecule has 0 spiro atoms. The molecule has 3 rings (SSSR count). The number of likely N-dealkylation sites (tertiary alicyclic amines) is 1. The third-order valence-electron chi connectivity index (χ3n) is 4.14. The number of aromatic nitrogens is 1. The minimum Gasteiger partial charge on any atom is -0.342 e. The number of piperidine rings is 1. The van der Waals surface area contributed by atoms with Gasteiger partial charge in [-0.2, -0.15) is 0 Å². The Bertz CT molecular complexity index is 696. The van der Waals surface area contributed by atoms with Crippen molar-refractivity contribution < 1.29 is 9.18 Å². The van der Waals surface area contributed by atoms with Crippen molar-refractivity contribution in [3.05, 3.63) is 29.0 Å². The first-order valence-electron chi connectivity index (χ1n) is 7.70. The van der Waals surface area contributed by atoms with Crippen LogP contribution in [0.3, 0.4) is 0 Å². The topological polar surface area (TPSA) is 33.2 Å². The van der Waals surface area contributed by atoms with Crippen molar-refractivity contribution in [2.24, 2.45) is 5.41 Å². The lowest BCUT2D eigenvalue weighted by molar-refractivity contribution is -0.140. The van der Waals surface area contributed by atoms with Gasteiger partial charge in [-0.1, -0.05) is 20.8 Å². The Hall–Kier alpha value is -1.49. The lowest BCUT2D eigenvalue weighted by atomic mass is 9.91. The largest absolute Gasteiger partial charge is 0.342 e. The quantitative estimate of drug-likeness (QED) is 0.789. The Morgan fingerprint density at radius 2 is 2.00 bits per heavy atom. The van der Waals surface area contributed by atoms with Crippen LogP contribution in [0.5, 0.6) is 0 Å². The van der Waals surface area contributed by atoms with E-state index in [1.54, 1.807) is 23.5 Å². The van der Waals surface area contributed by atoms with E-state index in [0.29, 0.717) is 5.92 Å². The van der Waals surface area contributed by atoms with Gasteiger partial charge in [-0.15, -0.1) is 11.3 Å².